The minimum absolute atomic E-state index is 0.0632. The van der Waals surface area contributed by atoms with E-state index in [0.717, 1.165) is 35.9 Å². The van der Waals surface area contributed by atoms with Gasteiger partial charge in [-0.3, -0.25) is 0 Å². The highest BCUT2D eigenvalue weighted by molar-refractivity contribution is 5.92. The van der Waals surface area contributed by atoms with Gasteiger partial charge in [-0.1, -0.05) is 13.8 Å². The molecule has 2 atom stereocenters. The second-order valence-corrected chi connectivity index (χ2v) is 5.96. The number of amidine groups is 1. The fraction of sp³-hybridized carbons (Fsp3) is 0.588. The Labute approximate surface area is 127 Å². The minimum Gasteiger partial charge on any atom is -0.480 e. The molecule has 114 valence electrons. The highest BCUT2D eigenvalue weighted by Gasteiger charge is 2.32. The van der Waals surface area contributed by atoms with E-state index >= 15 is 0 Å². The molecule has 0 bridgehead atoms. The van der Waals surface area contributed by atoms with E-state index in [4.69, 9.17) is 15.5 Å². The largest absolute Gasteiger partial charge is 0.480 e. The lowest BCUT2D eigenvalue weighted by Gasteiger charge is -2.41. The second-order valence-electron chi connectivity index (χ2n) is 5.96. The van der Waals surface area contributed by atoms with E-state index in [0.29, 0.717) is 6.04 Å². The van der Waals surface area contributed by atoms with Crippen LogP contribution >= 0.6 is 0 Å². The fourth-order valence-electron chi connectivity index (χ4n) is 3.36. The Hall–Kier alpha value is -1.71. The van der Waals surface area contributed by atoms with Crippen molar-refractivity contribution in [1.29, 1.82) is 0 Å². The summed E-state index contributed by atoms with van der Waals surface area (Å²) in [4.78, 5) is 7.39. The second kappa shape index (κ2) is 5.96. The molecular formula is C17H25N3O. The first kappa shape index (κ1) is 14.2. The first-order valence-corrected chi connectivity index (χ1v) is 8.14. The van der Waals surface area contributed by atoms with Crippen LogP contribution in [0.25, 0.3) is 0 Å². The van der Waals surface area contributed by atoms with Gasteiger partial charge in [0.05, 0.1) is 0 Å². The molecule has 0 saturated carbocycles. The summed E-state index contributed by atoms with van der Waals surface area (Å²) in [6.07, 6.45) is 6.00. The van der Waals surface area contributed by atoms with Crippen molar-refractivity contribution in [3.8, 4) is 5.75 Å². The quantitative estimate of drug-likeness (QED) is 0.843. The molecule has 1 aromatic carbocycles. The predicted molar refractivity (Wildman–Crippen MR) is 87.3 cm³/mol. The third kappa shape index (κ3) is 2.71. The maximum absolute atomic E-state index is 6.17. The molecule has 2 N–H and O–H groups in total. The number of benzene rings is 1. The molecule has 0 aliphatic carbocycles. The Morgan fingerprint density at radius 3 is 2.90 bits per heavy atom. The Kier molecular flexibility index (Phi) is 4.04. The molecule has 2 aliphatic rings. The summed E-state index contributed by atoms with van der Waals surface area (Å²) in [6, 6.07) is 6.31. The molecule has 0 spiro atoms. The van der Waals surface area contributed by atoms with Gasteiger partial charge in [-0.2, -0.15) is 0 Å². The Morgan fingerprint density at radius 1 is 1.29 bits per heavy atom. The normalized spacial score (nSPS) is 25.0. The summed E-state index contributed by atoms with van der Waals surface area (Å²) in [7, 11) is 0. The Bertz CT molecular complexity index is 541. The van der Waals surface area contributed by atoms with Crippen LogP contribution in [0.1, 0.15) is 46.0 Å². The molecule has 2 unspecified atom stereocenters. The van der Waals surface area contributed by atoms with Crippen LogP contribution in [0.3, 0.4) is 0 Å². The number of aliphatic imine (C=N–C) groups is 1. The third-order valence-corrected chi connectivity index (χ3v) is 4.54. The number of hydrogen-bond acceptors (Lipinski definition) is 4. The maximum atomic E-state index is 6.17. The minimum atomic E-state index is 0.0632. The van der Waals surface area contributed by atoms with Crippen LogP contribution in [0, 0.1) is 0 Å². The number of ether oxygens (including phenoxy) is 1. The zero-order valence-electron chi connectivity index (χ0n) is 13.0. The lowest BCUT2D eigenvalue weighted by Crippen LogP contribution is -2.50. The lowest BCUT2D eigenvalue weighted by molar-refractivity contribution is 0.186. The predicted octanol–water partition coefficient (Wildman–Crippen LogP) is 3.73. The van der Waals surface area contributed by atoms with Crippen molar-refractivity contribution in [1.82, 2.24) is 4.90 Å². The highest BCUT2D eigenvalue weighted by Crippen LogP contribution is 2.36. The van der Waals surface area contributed by atoms with Crippen LogP contribution in [0.2, 0.25) is 0 Å². The molecule has 21 heavy (non-hydrogen) atoms. The molecule has 1 fully saturated rings. The van der Waals surface area contributed by atoms with E-state index in [1.807, 2.05) is 18.2 Å². The summed E-state index contributed by atoms with van der Waals surface area (Å²) in [6.45, 7) is 5.52. The van der Waals surface area contributed by atoms with Crippen molar-refractivity contribution in [3.63, 3.8) is 0 Å². The van der Waals surface area contributed by atoms with Gasteiger partial charge < -0.3 is 15.4 Å². The smallest absolute Gasteiger partial charge is 0.156 e. The molecule has 4 nitrogen and oxygen atoms in total. The van der Waals surface area contributed by atoms with Crippen LogP contribution in [-0.2, 0) is 0 Å². The first-order valence-electron chi connectivity index (χ1n) is 8.14. The number of likely N-dealkylation sites (tertiary alicyclic amines) is 1. The van der Waals surface area contributed by atoms with E-state index in [9.17, 15) is 0 Å². The fourth-order valence-corrected chi connectivity index (χ4v) is 3.36. The molecule has 4 heteroatoms. The Morgan fingerprint density at radius 2 is 2.14 bits per heavy atom. The van der Waals surface area contributed by atoms with Crippen LogP contribution in [0.15, 0.2) is 23.2 Å². The highest BCUT2D eigenvalue weighted by atomic mass is 16.5. The van der Waals surface area contributed by atoms with Crippen molar-refractivity contribution >= 4 is 17.2 Å². The van der Waals surface area contributed by atoms with Gasteiger partial charge in [-0.15, -0.1) is 0 Å². The van der Waals surface area contributed by atoms with Gasteiger partial charge in [-0.05, 0) is 50.3 Å². The zero-order chi connectivity index (χ0) is 14.8. The standard InChI is InChI=1S/C17H25N3O/c1-3-13-7-5-6-10-20(13)17-15(4-2)21-16-9-8-12(18)11-14(16)19-17/h8-9,11,13,15H,3-7,10,18H2,1-2H3. The number of piperidine rings is 1. The van der Waals surface area contributed by atoms with Gasteiger partial charge in [0.2, 0.25) is 0 Å². The Balaban J connectivity index is 1.97. The SMILES string of the molecule is CCC1Oc2ccc(N)cc2N=C1N1CCCCC1CC. The van der Waals surface area contributed by atoms with Crippen molar-refractivity contribution in [2.45, 2.75) is 58.1 Å². The van der Waals surface area contributed by atoms with Crippen molar-refractivity contribution in [3.05, 3.63) is 18.2 Å². The lowest BCUT2D eigenvalue weighted by atomic mass is 9.98. The van der Waals surface area contributed by atoms with Crippen LogP contribution in [0.5, 0.6) is 5.75 Å². The van der Waals surface area contributed by atoms with Gasteiger partial charge in [-0.25, -0.2) is 4.99 Å². The molecule has 0 radical (unpaired) electrons. The molecule has 2 aliphatic heterocycles. The summed E-state index contributed by atoms with van der Waals surface area (Å²) >= 11 is 0. The summed E-state index contributed by atoms with van der Waals surface area (Å²) < 4.78 is 6.17. The molecule has 0 aromatic heterocycles. The zero-order valence-corrected chi connectivity index (χ0v) is 13.0. The number of anilines is 1. The maximum Gasteiger partial charge on any atom is 0.156 e. The molecule has 3 rings (SSSR count). The average molecular weight is 287 g/mol. The van der Waals surface area contributed by atoms with Gasteiger partial charge in [0.25, 0.3) is 0 Å². The van der Waals surface area contributed by atoms with Crippen molar-refractivity contribution in [2.75, 3.05) is 12.3 Å². The van der Waals surface area contributed by atoms with E-state index in [-0.39, 0.29) is 6.10 Å². The van der Waals surface area contributed by atoms with Crippen molar-refractivity contribution < 1.29 is 4.74 Å². The topological polar surface area (TPSA) is 50.9 Å². The summed E-state index contributed by atoms with van der Waals surface area (Å²) in [5.41, 5.74) is 7.50. The van der Waals surface area contributed by atoms with E-state index < -0.39 is 0 Å². The van der Waals surface area contributed by atoms with Gasteiger partial charge in [0, 0.05) is 18.3 Å². The summed E-state index contributed by atoms with van der Waals surface area (Å²) in [5, 5.41) is 0. The molecular weight excluding hydrogens is 262 g/mol. The number of rotatable bonds is 2. The number of fused-ring (bicyclic) bond motifs is 1. The van der Waals surface area contributed by atoms with Crippen LogP contribution < -0.4 is 10.5 Å². The molecule has 1 aromatic rings. The van der Waals surface area contributed by atoms with Gasteiger partial charge in [0.15, 0.2) is 6.10 Å². The average Bonchev–Trinajstić information content (AvgIpc) is 2.53. The molecule has 2 heterocycles. The van der Waals surface area contributed by atoms with Gasteiger partial charge in [0.1, 0.15) is 17.3 Å². The van der Waals surface area contributed by atoms with E-state index in [1.165, 1.54) is 25.7 Å². The van der Waals surface area contributed by atoms with Crippen LogP contribution in [-0.4, -0.2) is 29.4 Å². The molecule has 1 saturated heterocycles. The van der Waals surface area contributed by atoms with E-state index in [1.54, 1.807) is 0 Å². The monoisotopic (exact) mass is 287 g/mol. The number of nitrogen functional groups attached to an aromatic ring is 1. The molecule has 0 amide bonds. The van der Waals surface area contributed by atoms with Crippen molar-refractivity contribution in [2.24, 2.45) is 4.99 Å². The van der Waals surface area contributed by atoms with Gasteiger partial charge >= 0.3 is 0 Å². The summed E-state index contributed by atoms with van der Waals surface area (Å²) in [5.74, 6) is 1.95. The number of nitrogens with two attached hydrogens (primary N) is 1. The third-order valence-electron chi connectivity index (χ3n) is 4.54. The van der Waals surface area contributed by atoms with E-state index in [2.05, 4.69) is 18.7 Å². The number of nitrogens with zero attached hydrogens (tertiary/aromatic N) is 2. The number of hydrogen-bond donors (Lipinski definition) is 1. The first-order chi connectivity index (χ1) is 10.2. The van der Waals surface area contributed by atoms with Crippen LogP contribution in [0.4, 0.5) is 11.4 Å².